The number of aromatic nitrogens is 2. The molecule has 3 rings (SSSR count). The fourth-order valence-electron chi connectivity index (χ4n) is 3.18. The van der Waals surface area contributed by atoms with Gasteiger partial charge in [-0.3, -0.25) is 4.79 Å². The number of carbonyl (C=O) groups is 2. The van der Waals surface area contributed by atoms with E-state index in [4.69, 9.17) is 0 Å². The predicted molar refractivity (Wildman–Crippen MR) is 109 cm³/mol. The van der Waals surface area contributed by atoms with Gasteiger partial charge in [0.05, 0.1) is 17.3 Å². The van der Waals surface area contributed by atoms with Crippen LogP contribution in [0.3, 0.4) is 0 Å². The third-order valence-electron chi connectivity index (χ3n) is 4.73. The van der Waals surface area contributed by atoms with Crippen LogP contribution in [0.15, 0.2) is 36.4 Å². The normalized spacial score (nSPS) is 12.0. The lowest BCUT2D eigenvalue weighted by Crippen LogP contribution is -2.27. The zero-order chi connectivity index (χ0) is 20.4. The Morgan fingerprint density at radius 3 is 2.50 bits per heavy atom. The second-order valence-electron chi connectivity index (χ2n) is 6.82. The topological polar surface area (TPSA) is 84.2 Å². The minimum Gasteiger partial charge on any atom is -0.477 e. The highest BCUT2D eigenvalue weighted by Gasteiger charge is 2.22. The maximum atomic E-state index is 12.8. The average molecular weight is 398 g/mol. The Balaban J connectivity index is 1.78. The molecule has 0 spiro atoms. The average Bonchev–Trinajstić information content (AvgIpc) is 3.18. The van der Waals surface area contributed by atoms with Gasteiger partial charge in [-0.15, -0.1) is 11.3 Å². The van der Waals surface area contributed by atoms with Gasteiger partial charge in [0.15, 0.2) is 0 Å². The Morgan fingerprint density at radius 1 is 1.21 bits per heavy atom. The number of carboxylic acids is 1. The van der Waals surface area contributed by atoms with Gasteiger partial charge in [-0.05, 0) is 39.3 Å². The molecule has 2 N–H and O–H groups in total. The Bertz CT molecular complexity index is 1020. The number of hydrogen-bond acceptors (Lipinski definition) is 4. The zero-order valence-electron chi connectivity index (χ0n) is 16.3. The van der Waals surface area contributed by atoms with Gasteiger partial charge in [0.2, 0.25) is 0 Å². The van der Waals surface area contributed by atoms with E-state index in [-0.39, 0.29) is 16.8 Å². The molecule has 0 fully saturated rings. The standard InChI is InChI=1S/C21H23N3O3S/c1-12-10-17(15(4)24(12)11-16-8-6-5-7-9-16)19(25)22-14(3)20-23-13(2)18(28-20)21(26)27/h5-10,14H,11H2,1-4H3,(H,22,25)(H,26,27). The van der Waals surface area contributed by atoms with Crippen molar-refractivity contribution in [3.63, 3.8) is 0 Å². The van der Waals surface area contributed by atoms with Crippen molar-refractivity contribution in [3.8, 4) is 0 Å². The number of rotatable bonds is 6. The van der Waals surface area contributed by atoms with Gasteiger partial charge in [0, 0.05) is 17.9 Å². The number of aromatic carboxylic acids is 1. The summed E-state index contributed by atoms with van der Waals surface area (Å²) in [5.41, 5.74) is 4.16. The van der Waals surface area contributed by atoms with Crippen LogP contribution < -0.4 is 5.32 Å². The first-order valence-electron chi connectivity index (χ1n) is 9.00. The van der Waals surface area contributed by atoms with Crippen molar-refractivity contribution in [1.29, 1.82) is 0 Å². The molecule has 2 aromatic heterocycles. The number of nitrogens with one attached hydrogen (secondary N) is 1. The molecule has 1 unspecified atom stereocenters. The number of thiazole rings is 1. The maximum Gasteiger partial charge on any atom is 0.347 e. The summed E-state index contributed by atoms with van der Waals surface area (Å²) in [5.74, 6) is -1.19. The first-order chi connectivity index (χ1) is 13.3. The highest BCUT2D eigenvalue weighted by atomic mass is 32.1. The van der Waals surface area contributed by atoms with Crippen LogP contribution in [0.5, 0.6) is 0 Å². The summed E-state index contributed by atoms with van der Waals surface area (Å²) in [6.07, 6.45) is 0. The Morgan fingerprint density at radius 2 is 1.89 bits per heavy atom. The summed E-state index contributed by atoms with van der Waals surface area (Å²) in [6.45, 7) is 8.10. The van der Waals surface area contributed by atoms with E-state index in [1.54, 1.807) is 6.92 Å². The Labute approximate surface area is 167 Å². The van der Waals surface area contributed by atoms with Crippen LogP contribution in [0, 0.1) is 20.8 Å². The van der Waals surface area contributed by atoms with Crippen molar-refractivity contribution >= 4 is 23.2 Å². The van der Waals surface area contributed by atoms with E-state index in [0.29, 0.717) is 22.8 Å². The molecule has 0 aliphatic heterocycles. The van der Waals surface area contributed by atoms with Gasteiger partial charge in [-0.25, -0.2) is 9.78 Å². The lowest BCUT2D eigenvalue weighted by Gasteiger charge is -2.12. The van der Waals surface area contributed by atoms with E-state index in [2.05, 4.69) is 27.0 Å². The van der Waals surface area contributed by atoms with E-state index in [1.165, 1.54) is 5.56 Å². The van der Waals surface area contributed by atoms with Gasteiger partial charge < -0.3 is 15.0 Å². The van der Waals surface area contributed by atoms with Gasteiger partial charge >= 0.3 is 5.97 Å². The van der Waals surface area contributed by atoms with E-state index >= 15 is 0 Å². The van der Waals surface area contributed by atoms with E-state index in [0.717, 1.165) is 22.7 Å². The summed E-state index contributed by atoms with van der Waals surface area (Å²) < 4.78 is 2.12. The van der Waals surface area contributed by atoms with Gasteiger partial charge in [-0.1, -0.05) is 30.3 Å². The van der Waals surface area contributed by atoms with Crippen LogP contribution in [0.25, 0.3) is 0 Å². The molecular formula is C21H23N3O3S. The van der Waals surface area contributed by atoms with Crippen LogP contribution >= 0.6 is 11.3 Å². The van der Waals surface area contributed by atoms with Gasteiger partial charge in [-0.2, -0.15) is 0 Å². The number of nitrogens with zero attached hydrogens (tertiary/aromatic N) is 2. The van der Waals surface area contributed by atoms with Crippen molar-refractivity contribution in [1.82, 2.24) is 14.9 Å². The van der Waals surface area contributed by atoms with E-state index in [9.17, 15) is 14.7 Å². The first kappa shape index (κ1) is 19.8. The smallest absolute Gasteiger partial charge is 0.347 e. The number of carbonyl (C=O) groups excluding carboxylic acids is 1. The molecule has 1 atom stereocenters. The predicted octanol–water partition coefficient (Wildman–Crippen LogP) is 4.11. The summed E-state index contributed by atoms with van der Waals surface area (Å²) in [5, 5.41) is 12.7. The van der Waals surface area contributed by atoms with Crippen LogP contribution in [-0.2, 0) is 6.54 Å². The summed E-state index contributed by atoms with van der Waals surface area (Å²) in [6, 6.07) is 11.6. The molecule has 1 amide bonds. The van der Waals surface area contributed by atoms with Gasteiger partial charge in [0.25, 0.3) is 5.91 Å². The Hall–Kier alpha value is -2.93. The molecular weight excluding hydrogens is 374 g/mol. The minimum absolute atomic E-state index is 0.190. The number of carboxylic acid groups (broad SMARTS) is 1. The van der Waals surface area contributed by atoms with Crippen molar-refractivity contribution in [3.05, 3.63) is 74.5 Å². The maximum absolute atomic E-state index is 12.8. The zero-order valence-corrected chi connectivity index (χ0v) is 17.1. The van der Waals surface area contributed by atoms with Crippen molar-refractivity contribution in [2.45, 2.75) is 40.3 Å². The van der Waals surface area contributed by atoms with Gasteiger partial charge in [0.1, 0.15) is 9.88 Å². The molecule has 2 heterocycles. The molecule has 6 nitrogen and oxygen atoms in total. The van der Waals surface area contributed by atoms with Crippen LogP contribution in [0.1, 0.15) is 60.6 Å². The Kier molecular flexibility index (Phi) is 5.65. The summed E-state index contributed by atoms with van der Waals surface area (Å²) >= 11 is 1.10. The van der Waals surface area contributed by atoms with E-state index < -0.39 is 5.97 Å². The van der Waals surface area contributed by atoms with Crippen molar-refractivity contribution < 1.29 is 14.7 Å². The third-order valence-corrected chi connectivity index (χ3v) is 6.06. The fraction of sp³-hybridized carbons (Fsp3) is 0.286. The third kappa shape index (κ3) is 3.99. The molecule has 1 aromatic carbocycles. The van der Waals surface area contributed by atoms with Crippen LogP contribution in [0.2, 0.25) is 0 Å². The number of benzene rings is 1. The number of aryl methyl sites for hydroxylation is 2. The van der Waals surface area contributed by atoms with Crippen LogP contribution in [-0.4, -0.2) is 26.5 Å². The second-order valence-corrected chi connectivity index (χ2v) is 7.85. The second kappa shape index (κ2) is 7.98. The summed E-state index contributed by atoms with van der Waals surface area (Å²) in [4.78, 5) is 28.5. The van der Waals surface area contributed by atoms with E-state index in [1.807, 2.05) is 45.0 Å². The largest absolute Gasteiger partial charge is 0.477 e. The quantitative estimate of drug-likeness (QED) is 0.656. The number of hydrogen-bond donors (Lipinski definition) is 2. The molecule has 3 aromatic rings. The molecule has 0 aliphatic rings. The molecule has 0 bridgehead atoms. The fourth-order valence-corrected chi connectivity index (χ4v) is 4.09. The first-order valence-corrected chi connectivity index (χ1v) is 9.81. The van der Waals surface area contributed by atoms with Crippen molar-refractivity contribution in [2.24, 2.45) is 0 Å². The SMILES string of the molecule is Cc1nc(C(C)NC(=O)c2cc(C)n(Cc3ccccc3)c2C)sc1C(=O)O. The van der Waals surface area contributed by atoms with Crippen molar-refractivity contribution in [2.75, 3.05) is 0 Å². The summed E-state index contributed by atoms with van der Waals surface area (Å²) in [7, 11) is 0. The highest BCUT2D eigenvalue weighted by molar-refractivity contribution is 7.13. The molecule has 0 aliphatic carbocycles. The number of amides is 1. The molecule has 146 valence electrons. The lowest BCUT2D eigenvalue weighted by molar-refractivity contribution is 0.0701. The molecule has 0 saturated carbocycles. The lowest BCUT2D eigenvalue weighted by atomic mass is 10.2. The molecule has 7 heteroatoms. The molecule has 28 heavy (non-hydrogen) atoms. The minimum atomic E-state index is -0.996. The monoisotopic (exact) mass is 397 g/mol. The molecule has 0 radical (unpaired) electrons. The highest BCUT2D eigenvalue weighted by Crippen LogP contribution is 2.24. The molecule has 0 saturated heterocycles. The van der Waals surface area contributed by atoms with Crippen LogP contribution in [0.4, 0.5) is 0 Å².